The summed E-state index contributed by atoms with van der Waals surface area (Å²) < 4.78 is 46.6. The topological polar surface area (TPSA) is 69.4 Å². The third-order valence-electron chi connectivity index (χ3n) is 12.9. The first kappa shape index (κ1) is 43.9. The number of nitrogens with zero attached hydrogens (tertiary/aromatic N) is 6. The highest BCUT2D eigenvalue weighted by molar-refractivity contribution is 6.12. The summed E-state index contributed by atoms with van der Waals surface area (Å²) in [6.07, 6.45) is -4.59. The van der Waals surface area contributed by atoms with Crippen molar-refractivity contribution in [2.24, 2.45) is 0 Å². The summed E-state index contributed by atoms with van der Waals surface area (Å²) in [5, 5.41) is 1.85. The smallest absolute Gasteiger partial charge is 0.308 e. The van der Waals surface area contributed by atoms with Crippen LogP contribution in [0.4, 0.5) is 13.2 Å². The number of para-hydroxylation sites is 1. The lowest BCUT2D eigenvalue weighted by molar-refractivity contribution is -0.137. The molecule has 0 spiro atoms. The molecule has 0 aliphatic carbocycles. The van der Waals surface area contributed by atoms with E-state index in [2.05, 4.69) is 41.0 Å². The molecule has 0 amide bonds. The fraction of sp³-hybridized carbons (Fsp3) is 0.0317. The number of aromatic nitrogens is 6. The van der Waals surface area contributed by atoms with E-state index in [9.17, 15) is 13.2 Å². The fourth-order valence-electron chi connectivity index (χ4n) is 9.50. The van der Waals surface area contributed by atoms with Gasteiger partial charge in [0.2, 0.25) is 0 Å². The predicted octanol–water partition coefficient (Wildman–Crippen LogP) is 16.4. The lowest BCUT2D eigenvalue weighted by Crippen LogP contribution is -2.06. The Bertz CT molecular complexity index is 3850. The summed E-state index contributed by atoms with van der Waals surface area (Å²) in [5.41, 5.74) is 11.6. The van der Waals surface area contributed by atoms with Crippen LogP contribution in [0.2, 0.25) is 0 Å². The molecule has 12 aromatic rings. The Morgan fingerprint density at radius 3 is 1.35 bits per heavy atom. The standard InChI is InChI=1S/C63H41F3N6/c1-40-18-16-27-45(34-40)51-37-48(62-67-54(41-19-6-2-7-20-41)39-55(68-62)42-21-8-3-9-22-42)38-52(46-28-17-29-49(35-46)63(64,65)66)58(51)72-56-31-15-14-30-50(56)53-36-47(32-33-57(53)72)61-70-59(43-23-10-4-11-24-43)69-60(71-61)44-25-12-5-13-26-44/h2-39H,1H3. The van der Waals surface area contributed by atoms with Crippen molar-refractivity contribution in [1.29, 1.82) is 0 Å². The minimum absolute atomic E-state index is 0.382. The maximum atomic E-state index is 14.8. The van der Waals surface area contributed by atoms with Crippen molar-refractivity contribution >= 4 is 21.8 Å². The molecule has 12 rings (SSSR count). The first-order chi connectivity index (χ1) is 35.2. The zero-order chi connectivity index (χ0) is 48.8. The number of rotatable bonds is 9. The second-order valence-corrected chi connectivity index (χ2v) is 17.7. The summed E-state index contributed by atoms with van der Waals surface area (Å²) in [6.45, 7) is 2.04. The molecule has 3 heterocycles. The Kier molecular flexibility index (Phi) is 11.1. The molecule has 0 saturated carbocycles. The molecule has 9 heteroatoms. The Morgan fingerprint density at radius 2 is 0.792 bits per heavy atom. The molecule has 344 valence electrons. The maximum absolute atomic E-state index is 14.8. The summed E-state index contributed by atoms with van der Waals surface area (Å²) in [4.78, 5) is 25.4. The molecule has 0 atom stereocenters. The third kappa shape index (κ3) is 8.36. The summed E-state index contributed by atoms with van der Waals surface area (Å²) in [6, 6.07) is 73.6. The van der Waals surface area contributed by atoms with Crippen LogP contribution in [0, 0.1) is 6.92 Å². The first-order valence-corrected chi connectivity index (χ1v) is 23.6. The Balaban J connectivity index is 1.15. The van der Waals surface area contributed by atoms with Crippen LogP contribution in [0.5, 0.6) is 0 Å². The third-order valence-corrected chi connectivity index (χ3v) is 12.9. The highest BCUT2D eigenvalue weighted by atomic mass is 19.4. The van der Waals surface area contributed by atoms with E-state index in [1.807, 2.05) is 177 Å². The van der Waals surface area contributed by atoms with Gasteiger partial charge in [-0.2, -0.15) is 13.2 Å². The van der Waals surface area contributed by atoms with Crippen molar-refractivity contribution in [3.63, 3.8) is 0 Å². The molecule has 72 heavy (non-hydrogen) atoms. The zero-order valence-electron chi connectivity index (χ0n) is 38.8. The van der Waals surface area contributed by atoms with Crippen LogP contribution in [0.25, 0.3) is 118 Å². The molecule has 0 unspecified atom stereocenters. The number of hydrogen-bond acceptors (Lipinski definition) is 5. The van der Waals surface area contributed by atoms with Gasteiger partial charge in [-0.1, -0.05) is 181 Å². The van der Waals surface area contributed by atoms with E-state index in [1.165, 1.54) is 12.1 Å². The van der Waals surface area contributed by atoms with Crippen LogP contribution in [0.15, 0.2) is 231 Å². The minimum atomic E-state index is -4.59. The molecule has 0 aliphatic heterocycles. The van der Waals surface area contributed by atoms with E-state index in [0.717, 1.165) is 72.4 Å². The van der Waals surface area contributed by atoms with Gasteiger partial charge >= 0.3 is 6.18 Å². The van der Waals surface area contributed by atoms with Crippen molar-refractivity contribution in [1.82, 2.24) is 29.5 Å². The largest absolute Gasteiger partial charge is 0.416 e. The number of aryl methyl sites for hydroxylation is 1. The van der Waals surface area contributed by atoms with Crippen molar-refractivity contribution in [2.45, 2.75) is 13.1 Å². The Morgan fingerprint density at radius 1 is 0.333 bits per heavy atom. The van der Waals surface area contributed by atoms with Gasteiger partial charge in [0.15, 0.2) is 23.3 Å². The van der Waals surface area contributed by atoms with Crippen molar-refractivity contribution in [3.8, 4) is 96.0 Å². The van der Waals surface area contributed by atoms with Crippen LogP contribution >= 0.6 is 0 Å². The lowest BCUT2D eigenvalue weighted by atomic mass is 9.91. The molecule has 0 fully saturated rings. The second-order valence-electron chi connectivity index (χ2n) is 17.7. The molecular formula is C63H41F3N6. The molecular weight excluding hydrogens is 898 g/mol. The van der Waals surface area contributed by atoms with Crippen molar-refractivity contribution in [2.75, 3.05) is 0 Å². The predicted molar refractivity (Wildman–Crippen MR) is 283 cm³/mol. The van der Waals surface area contributed by atoms with Gasteiger partial charge in [-0.15, -0.1) is 0 Å². The fourth-order valence-corrected chi connectivity index (χ4v) is 9.50. The highest BCUT2D eigenvalue weighted by Gasteiger charge is 2.31. The van der Waals surface area contributed by atoms with Crippen molar-refractivity contribution < 1.29 is 13.2 Å². The van der Waals surface area contributed by atoms with Crippen LogP contribution in [-0.4, -0.2) is 29.5 Å². The summed E-state index contributed by atoms with van der Waals surface area (Å²) in [7, 11) is 0. The van der Waals surface area contributed by atoms with Crippen molar-refractivity contribution in [3.05, 3.63) is 242 Å². The molecule has 9 aromatic carbocycles. The van der Waals surface area contributed by atoms with Gasteiger partial charge in [0, 0.05) is 55.3 Å². The van der Waals surface area contributed by atoms with E-state index in [0.29, 0.717) is 57.1 Å². The second kappa shape index (κ2) is 18.2. The Hall–Kier alpha value is -9.34. The van der Waals surface area contributed by atoms with Crippen LogP contribution in [0.3, 0.4) is 0 Å². The van der Waals surface area contributed by atoms with Gasteiger partial charge in [0.25, 0.3) is 0 Å². The monoisotopic (exact) mass is 938 g/mol. The van der Waals surface area contributed by atoms with E-state index >= 15 is 0 Å². The van der Waals surface area contributed by atoms with E-state index < -0.39 is 11.7 Å². The number of halogens is 3. The molecule has 0 bridgehead atoms. The van der Waals surface area contributed by atoms with Crippen LogP contribution in [0.1, 0.15) is 11.1 Å². The lowest BCUT2D eigenvalue weighted by Gasteiger charge is -2.22. The van der Waals surface area contributed by atoms with Crippen LogP contribution in [-0.2, 0) is 6.18 Å². The average Bonchev–Trinajstić information content (AvgIpc) is 3.76. The molecule has 0 saturated heterocycles. The first-order valence-electron chi connectivity index (χ1n) is 23.6. The van der Waals surface area contributed by atoms with Gasteiger partial charge in [0.1, 0.15) is 0 Å². The molecule has 6 nitrogen and oxygen atoms in total. The van der Waals surface area contributed by atoms with Crippen LogP contribution < -0.4 is 0 Å². The van der Waals surface area contributed by atoms with E-state index in [4.69, 9.17) is 24.9 Å². The number of alkyl halides is 3. The summed E-state index contributed by atoms with van der Waals surface area (Å²) in [5.74, 6) is 2.02. The number of fused-ring (bicyclic) bond motifs is 3. The number of benzene rings is 9. The Labute approximate surface area is 413 Å². The van der Waals surface area contributed by atoms with Gasteiger partial charge in [0.05, 0.1) is 33.7 Å². The molecule has 0 N–H and O–H groups in total. The van der Waals surface area contributed by atoms with Gasteiger partial charge in [-0.05, 0) is 72.6 Å². The van der Waals surface area contributed by atoms with Gasteiger partial charge in [-0.25, -0.2) is 24.9 Å². The van der Waals surface area contributed by atoms with E-state index in [-0.39, 0.29) is 0 Å². The quantitative estimate of drug-likeness (QED) is 0.144. The molecule has 3 aromatic heterocycles. The molecule has 0 aliphatic rings. The molecule has 0 radical (unpaired) electrons. The SMILES string of the molecule is Cc1cccc(-c2cc(-c3nc(-c4ccccc4)cc(-c4ccccc4)n3)cc(-c3cccc(C(F)(F)F)c3)c2-n2c3ccccc3c3cc(-c4nc(-c5ccccc5)nc(-c5ccccc5)n4)ccc32)c1. The zero-order valence-corrected chi connectivity index (χ0v) is 38.8. The maximum Gasteiger partial charge on any atom is 0.416 e. The summed E-state index contributed by atoms with van der Waals surface area (Å²) >= 11 is 0. The highest BCUT2D eigenvalue weighted by Crippen LogP contribution is 2.45. The van der Waals surface area contributed by atoms with Gasteiger partial charge in [-0.3, -0.25) is 0 Å². The van der Waals surface area contributed by atoms with E-state index in [1.54, 1.807) is 6.07 Å². The van der Waals surface area contributed by atoms with Gasteiger partial charge < -0.3 is 4.57 Å². The normalized spacial score (nSPS) is 11.6. The average molecular weight is 939 g/mol. The minimum Gasteiger partial charge on any atom is -0.308 e. The number of hydrogen-bond donors (Lipinski definition) is 0.